The van der Waals surface area contributed by atoms with Crippen molar-refractivity contribution in [3.8, 4) is 0 Å². The molecule has 124 valence electrons. The van der Waals surface area contributed by atoms with E-state index in [1.165, 1.54) is 6.92 Å². The number of nitrogens with one attached hydrogen (secondary N) is 1. The van der Waals surface area contributed by atoms with E-state index in [1.54, 1.807) is 0 Å². The molecular formula is C16H15N3O5. The third kappa shape index (κ3) is 3.92. The van der Waals surface area contributed by atoms with E-state index in [4.69, 9.17) is 0 Å². The van der Waals surface area contributed by atoms with Gasteiger partial charge in [0, 0.05) is 18.7 Å². The fraction of sp³-hybridized carbons (Fsp3) is 0.188. The van der Waals surface area contributed by atoms with Crippen LogP contribution in [0.5, 0.6) is 0 Å². The van der Waals surface area contributed by atoms with E-state index in [1.807, 2.05) is 30.3 Å². The molecule has 0 saturated carbocycles. The number of rotatable bonds is 6. The number of nitro benzene ring substituents is 2. The minimum Gasteiger partial charge on any atom is -0.352 e. The van der Waals surface area contributed by atoms with Crippen molar-refractivity contribution in [2.45, 2.75) is 13.3 Å². The Morgan fingerprint density at radius 2 is 1.58 bits per heavy atom. The Morgan fingerprint density at radius 3 is 2.08 bits per heavy atom. The molecule has 1 N–H and O–H groups in total. The number of nitro groups is 2. The lowest BCUT2D eigenvalue weighted by atomic mass is 10.1. The number of benzene rings is 2. The molecule has 8 nitrogen and oxygen atoms in total. The average Bonchev–Trinajstić information content (AvgIpc) is 2.55. The first-order valence-corrected chi connectivity index (χ1v) is 7.15. The van der Waals surface area contributed by atoms with Gasteiger partial charge in [0.05, 0.1) is 15.4 Å². The molecule has 0 aliphatic heterocycles. The lowest BCUT2D eigenvalue weighted by molar-refractivity contribution is -0.395. The number of hydrogen-bond acceptors (Lipinski definition) is 5. The molecule has 0 atom stereocenters. The molecule has 2 aromatic rings. The summed E-state index contributed by atoms with van der Waals surface area (Å²) in [7, 11) is 0. The first kappa shape index (κ1) is 17.1. The summed E-state index contributed by atoms with van der Waals surface area (Å²) in [4.78, 5) is 32.7. The predicted octanol–water partition coefficient (Wildman–Crippen LogP) is 2.78. The van der Waals surface area contributed by atoms with Gasteiger partial charge in [0.2, 0.25) is 0 Å². The number of carbonyl (C=O) groups is 1. The molecule has 2 rings (SSSR count). The summed E-state index contributed by atoms with van der Waals surface area (Å²) in [6.45, 7) is 1.60. The molecule has 0 heterocycles. The summed E-state index contributed by atoms with van der Waals surface area (Å²) in [5.41, 5.74) is -0.0496. The quantitative estimate of drug-likeness (QED) is 0.646. The van der Waals surface area contributed by atoms with E-state index in [9.17, 15) is 25.0 Å². The molecule has 1 amide bonds. The van der Waals surface area contributed by atoms with Crippen molar-refractivity contribution in [2.24, 2.45) is 0 Å². The second-order valence-corrected chi connectivity index (χ2v) is 5.15. The highest BCUT2D eigenvalue weighted by molar-refractivity contribution is 5.96. The van der Waals surface area contributed by atoms with Crippen LogP contribution in [0.1, 0.15) is 21.5 Å². The standard InChI is InChI=1S/C16H15N3O5/c1-11-14(18(21)22)9-13(10-15(11)19(23)24)16(20)17-8-7-12-5-3-2-4-6-12/h2-6,9-10H,7-8H2,1H3,(H,17,20). The third-order valence-electron chi connectivity index (χ3n) is 3.55. The van der Waals surface area contributed by atoms with Crippen molar-refractivity contribution < 1.29 is 14.6 Å². The first-order chi connectivity index (χ1) is 11.4. The fourth-order valence-corrected chi connectivity index (χ4v) is 2.26. The molecule has 0 spiro atoms. The molecule has 0 aliphatic carbocycles. The Balaban J connectivity index is 2.16. The summed E-state index contributed by atoms with van der Waals surface area (Å²) < 4.78 is 0. The van der Waals surface area contributed by atoms with Crippen molar-refractivity contribution in [3.63, 3.8) is 0 Å². The average molecular weight is 329 g/mol. The number of amides is 1. The van der Waals surface area contributed by atoms with Crippen molar-refractivity contribution in [1.82, 2.24) is 5.32 Å². The Morgan fingerprint density at radius 1 is 1.04 bits per heavy atom. The number of nitrogens with zero attached hydrogens (tertiary/aromatic N) is 2. The highest BCUT2D eigenvalue weighted by Crippen LogP contribution is 2.29. The molecule has 2 aromatic carbocycles. The van der Waals surface area contributed by atoms with E-state index in [2.05, 4.69) is 5.32 Å². The van der Waals surface area contributed by atoms with Crippen LogP contribution in [0.25, 0.3) is 0 Å². The predicted molar refractivity (Wildman–Crippen MR) is 87.0 cm³/mol. The topological polar surface area (TPSA) is 115 Å². The Bertz CT molecular complexity index is 755. The Hall–Kier alpha value is -3.29. The van der Waals surface area contributed by atoms with E-state index < -0.39 is 27.1 Å². The van der Waals surface area contributed by atoms with E-state index >= 15 is 0 Å². The van der Waals surface area contributed by atoms with Crippen molar-refractivity contribution in [1.29, 1.82) is 0 Å². The minimum atomic E-state index is -0.733. The second-order valence-electron chi connectivity index (χ2n) is 5.15. The van der Waals surface area contributed by atoms with E-state index in [0.29, 0.717) is 13.0 Å². The van der Waals surface area contributed by atoms with Gasteiger partial charge in [-0.15, -0.1) is 0 Å². The maximum Gasteiger partial charge on any atom is 0.279 e. The summed E-state index contributed by atoms with van der Waals surface area (Å²) in [5, 5.41) is 24.7. The van der Waals surface area contributed by atoms with Crippen LogP contribution in [0, 0.1) is 27.2 Å². The van der Waals surface area contributed by atoms with Gasteiger partial charge >= 0.3 is 0 Å². The monoisotopic (exact) mass is 329 g/mol. The van der Waals surface area contributed by atoms with Gasteiger partial charge in [-0.3, -0.25) is 25.0 Å². The van der Waals surface area contributed by atoms with Gasteiger partial charge in [0.1, 0.15) is 5.56 Å². The van der Waals surface area contributed by atoms with Crippen LogP contribution in [-0.2, 0) is 6.42 Å². The van der Waals surface area contributed by atoms with Gasteiger partial charge < -0.3 is 5.32 Å². The van der Waals surface area contributed by atoms with Gasteiger partial charge in [-0.25, -0.2) is 0 Å². The maximum atomic E-state index is 12.1. The summed E-state index contributed by atoms with van der Waals surface area (Å²) >= 11 is 0. The smallest absolute Gasteiger partial charge is 0.279 e. The van der Waals surface area contributed by atoms with Crippen LogP contribution in [0.3, 0.4) is 0 Å². The van der Waals surface area contributed by atoms with Gasteiger partial charge in [-0.2, -0.15) is 0 Å². The van der Waals surface area contributed by atoms with Gasteiger partial charge in [0.15, 0.2) is 0 Å². The highest BCUT2D eigenvalue weighted by atomic mass is 16.6. The van der Waals surface area contributed by atoms with Gasteiger partial charge in [0.25, 0.3) is 17.3 Å². The molecule has 0 bridgehead atoms. The molecule has 24 heavy (non-hydrogen) atoms. The molecule has 0 fully saturated rings. The molecule has 8 heteroatoms. The summed E-state index contributed by atoms with van der Waals surface area (Å²) in [5.74, 6) is -0.586. The van der Waals surface area contributed by atoms with Crippen LogP contribution in [0.2, 0.25) is 0 Å². The van der Waals surface area contributed by atoms with Crippen LogP contribution in [-0.4, -0.2) is 22.3 Å². The molecule has 0 radical (unpaired) electrons. The van der Waals surface area contributed by atoms with Gasteiger partial charge in [-0.05, 0) is 18.9 Å². The Labute approximate surface area is 137 Å². The van der Waals surface area contributed by atoms with Crippen LogP contribution >= 0.6 is 0 Å². The first-order valence-electron chi connectivity index (χ1n) is 7.15. The maximum absolute atomic E-state index is 12.1. The van der Waals surface area contributed by atoms with Crippen molar-refractivity contribution >= 4 is 17.3 Å². The SMILES string of the molecule is Cc1c([N+](=O)[O-])cc(C(=O)NCCc2ccccc2)cc1[N+](=O)[O-]. The zero-order chi connectivity index (χ0) is 17.7. The summed E-state index contributed by atoms with van der Waals surface area (Å²) in [6.07, 6.45) is 0.586. The van der Waals surface area contributed by atoms with Crippen LogP contribution in [0.4, 0.5) is 11.4 Å². The normalized spacial score (nSPS) is 10.2. The zero-order valence-electron chi connectivity index (χ0n) is 12.9. The lowest BCUT2D eigenvalue weighted by Gasteiger charge is -2.07. The molecule has 0 aromatic heterocycles. The second kappa shape index (κ2) is 7.32. The van der Waals surface area contributed by atoms with Crippen LogP contribution in [0.15, 0.2) is 42.5 Å². The van der Waals surface area contributed by atoms with Crippen LogP contribution < -0.4 is 5.32 Å². The number of hydrogen-bond donors (Lipinski definition) is 1. The highest BCUT2D eigenvalue weighted by Gasteiger charge is 2.25. The molecular weight excluding hydrogens is 314 g/mol. The van der Waals surface area contributed by atoms with Crippen molar-refractivity contribution in [2.75, 3.05) is 6.54 Å². The number of carbonyl (C=O) groups excluding carboxylic acids is 1. The molecule has 0 aliphatic rings. The third-order valence-corrected chi connectivity index (χ3v) is 3.55. The lowest BCUT2D eigenvalue weighted by Crippen LogP contribution is -2.26. The molecule has 0 saturated heterocycles. The van der Waals surface area contributed by atoms with E-state index in [-0.39, 0.29) is 11.1 Å². The minimum absolute atomic E-state index is 0.0779. The zero-order valence-corrected chi connectivity index (χ0v) is 12.9. The largest absolute Gasteiger partial charge is 0.352 e. The van der Waals surface area contributed by atoms with Gasteiger partial charge in [-0.1, -0.05) is 30.3 Å². The Kier molecular flexibility index (Phi) is 5.20. The van der Waals surface area contributed by atoms with E-state index in [0.717, 1.165) is 17.7 Å². The molecule has 0 unspecified atom stereocenters. The summed E-state index contributed by atoms with van der Waals surface area (Å²) in [6, 6.07) is 11.6. The fourth-order valence-electron chi connectivity index (χ4n) is 2.26. The van der Waals surface area contributed by atoms with Crippen molar-refractivity contribution in [3.05, 3.63) is 79.4 Å².